The van der Waals surface area contributed by atoms with Crippen molar-refractivity contribution in [1.29, 1.82) is 0 Å². The summed E-state index contributed by atoms with van der Waals surface area (Å²) in [6, 6.07) is 13.8. The van der Waals surface area contributed by atoms with E-state index in [4.69, 9.17) is 21.1 Å². The lowest BCUT2D eigenvalue weighted by atomic mass is 9.89. The second-order valence-corrected chi connectivity index (χ2v) is 6.58. The molecule has 0 atom stereocenters. The van der Waals surface area contributed by atoms with E-state index in [2.05, 4.69) is 24.3 Å². The van der Waals surface area contributed by atoms with Crippen LogP contribution in [0.15, 0.2) is 42.5 Å². The van der Waals surface area contributed by atoms with Gasteiger partial charge in [-0.2, -0.15) is 0 Å². The fourth-order valence-electron chi connectivity index (χ4n) is 3.37. The fraction of sp³-hybridized carbons (Fsp3) is 0.350. The lowest BCUT2D eigenvalue weighted by Gasteiger charge is -2.32. The molecule has 3 rings (SSSR count). The summed E-state index contributed by atoms with van der Waals surface area (Å²) in [5.74, 6) is 1.41. The number of methoxy groups -OCH3 is 2. The second-order valence-electron chi connectivity index (χ2n) is 6.17. The molecule has 1 heterocycles. The van der Waals surface area contributed by atoms with Crippen LogP contribution in [-0.4, -0.2) is 38.1 Å². The summed E-state index contributed by atoms with van der Waals surface area (Å²) >= 11 is 6.22. The van der Waals surface area contributed by atoms with Crippen molar-refractivity contribution in [3.8, 4) is 11.5 Å². The van der Waals surface area contributed by atoms with Crippen LogP contribution in [0.1, 0.15) is 34.7 Å². The Morgan fingerprint density at radius 1 is 1.08 bits per heavy atom. The Balaban J connectivity index is 1.72. The molecule has 0 N–H and O–H groups in total. The van der Waals surface area contributed by atoms with Crippen molar-refractivity contribution < 1.29 is 14.3 Å². The van der Waals surface area contributed by atoms with E-state index < -0.39 is 0 Å². The Bertz CT molecular complexity index is 740. The number of amides is 1. The Hall–Kier alpha value is -2.20. The number of nitrogens with zero attached hydrogens (tertiary/aromatic N) is 1. The van der Waals surface area contributed by atoms with E-state index in [0.29, 0.717) is 28.0 Å². The average molecular weight is 360 g/mol. The first-order valence-corrected chi connectivity index (χ1v) is 8.77. The van der Waals surface area contributed by atoms with Crippen LogP contribution in [0.5, 0.6) is 11.5 Å². The van der Waals surface area contributed by atoms with Crippen LogP contribution >= 0.6 is 11.6 Å². The maximum atomic E-state index is 12.8. The van der Waals surface area contributed by atoms with Gasteiger partial charge in [0.15, 0.2) is 11.5 Å². The van der Waals surface area contributed by atoms with E-state index in [1.54, 1.807) is 12.1 Å². The molecule has 1 aliphatic heterocycles. The van der Waals surface area contributed by atoms with Crippen molar-refractivity contribution in [2.75, 3.05) is 27.3 Å². The molecule has 0 unspecified atom stereocenters. The smallest absolute Gasteiger partial charge is 0.254 e. The molecule has 1 saturated heterocycles. The molecule has 0 aliphatic carbocycles. The molecule has 5 heteroatoms. The number of carbonyl (C=O) groups is 1. The van der Waals surface area contributed by atoms with Gasteiger partial charge in [-0.3, -0.25) is 4.79 Å². The van der Waals surface area contributed by atoms with Gasteiger partial charge < -0.3 is 14.4 Å². The number of halogens is 1. The summed E-state index contributed by atoms with van der Waals surface area (Å²) < 4.78 is 10.5. The number of likely N-dealkylation sites (tertiary alicyclic amines) is 1. The SMILES string of the molecule is COc1cc(C(=O)N2CCC(c3ccccc3)CC2)cc(Cl)c1OC. The van der Waals surface area contributed by atoms with Crippen molar-refractivity contribution in [3.05, 3.63) is 58.6 Å². The van der Waals surface area contributed by atoms with Gasteiger partial charge in [-0.05, 0) is 36.5 Å². The Morgan fingerprint density at radius 3 is 2.36 bits per heavy atom. The second kappa shape index (κ2) is 7.79. The first-order valence-electron chi connectivity index (χ1n) is 8.39. The molecule has 0 aromatic heterocycles. The van der Waals surface area contributed by atoms with Gasteiger partial charge in [-0.15, -0.1) is 0 Å². The van der Waals surface area contributed by atoms with Gasteiger partial charge in [0.25, 0.3) is 5.91 Å². The molecule has 2 aromatic carbocycles. The highest BCUT2D eigenvalue weighted by Crippen LogP contribution is 2.37. The molecule has 0 radical (unpaired) electrons. The third kappa shape index (κ3) is 3.74. The zero-order valence-corrected chi connectivity index (χ0v) is 15.3. The minimum atomic E-state index is -0.0191. The number of rotatable bonds is 4. The normalized spacial score (nSPS) is 15.1. The predicted octanol–water partition coefficient (Wildman–Crippen LogP) is 4.38. The van der Waals surface area contributed by atoms with E-state index in [0.717, 1.165) is 25.9 Å². The minimum Gasteiger partial charge on any atom is -0.493 e. The molecule has 0 bridgehead atoms. The molecule has 132 valence electrons. The van der Waals surface area contributed by atoms with Crippen molar-refractivity contribution in [2.45, 2.75) is 18.8 Å². The van der Waals surface area contributed by atoms with Crippen molar-refractivity contribution in [2.24, 2.45) is 0 Å². The average Bonchev–Trinajstić information content (AvgIpc) is 2.67. The highest BCUT2D eigenvalue weighted by Gasteiger charge is 2.25. The lowest BCUT2D eigenvalue weighted by Crippen LogP contribution is -2.37. The predicted molar refractivity (Wildman–Crippen MR) is 98.9 cm³/mol. The van der Waals surface area contributed by atoms with Crippen molar-refractivity contribution >= 4 is 17.5 Å². The molecular weight excluding hydrogens is 338 g/mol. The topological polar surface area (TPSA) is 38.8 Å². The molecule has 2 aromatic rings. The first kappa shape index (κ1) is 17.6. The van der Waals surface area contributed by atoms with E-state index in [9.17, 15) is 4.79 Å². The summed E-state index contributed by atoms with van der Waals surface area (Å²) in [6.45, 7) is 1.48. The monoisotopic (exact) mass is 359 g/mol. The summed E-state index contributed by atoms with van der Waals surface area (Å²) in [4.78, 5) is 14.7. The molecule has 1 amide bonds. The molecule has 0 saturated carbocycles. The number of hydrogen-bond acceptors (Lipinski definition) is 3. The van der Waals surface area contributed by atoms with Gasteiger partial charge in [-0.1, -0.05) is 41.9 Å². The standard InChI is InChI=1S/C20H22ClNO3/c1-24-18-13-16(12-17(21)19(18)25-2)20(23)22-10-8-15(9-11-22)14-6-4-3-5-7-14/h3-7,12-13,15H,8-11H2,1-2H3. The Kier molecular flexibility index (Phi) is 5.49. The number of hydrogen-bond donors (Lipinski definition) is 0. The number of piperidine rings is 1. The molecule has 25 heavy (non-hydrogen) atoms. The van der Waals surface area contributed by atoms with Crippen LogP contribution in [0, 0.1) is 0 Å². The fourth-order valence-corrected chi connectivity index (χ4v) is 3.65. The summed E-state index contributed by atoms with van der Waals surface area (Å²) in [6.07, 6.45) is 1.94. The maximum absolute atomic E-state index is 12.8. The number of ether oxygens (including phenoxy) is 2. The zero-order chi connectivity index (χ0) is 17.8. The summed E-state index contributed by atoms with van der Waals surface area (Å²) in [5.41, 5.74) is 1.88. The largest absolute Gasteiger partial charge is 0.493 e. The minimum absolute atomic E-state index is 0.0191. The third-order valence-electron chi connectivity index (χ3n) is 4.73. The van der Waals surface area contributed by atoms with Crippen LogP contribution in [0.3, 0.4) is 0 Å². The van der Waals surface area contributed by atoms with Gasteiger partial charge in [0.05, 0.1) is 19.2 Å². The quantitative estimate of drug-likeness (QED) is 0.813. The van der Waals surface area contributed by atoms with Gasteiger partial charge in [0.1, 0.15) is 0 Å². The van der Waals surface area contributed by atoms with E-state index in [1.807, 2.05) is 11.0 Å². The molecule has 1 fully saturated rings. The van der Waals surface area contributed by atoms with E-state index in [-0.39, 0.29) is 5.91 Å². The highest BCUT2D eigenvalue weighted by atomic mass is 35.5. The van der Waals surface area contributed by atoms with Crippen LogP contribution in [0.25, 0.3) is 0 Å². The molecule has 0 spiro atoms. The maximum Gasteiger partial charge on any atom is 0.254 e. The van der Waals surface area contributed by atoms with Gasteiger partial charge in [-0.25, -0.2) is 0 Å². The van der Waals surface area contributed by atoms with Gasteiger partial charge in [0.2, 0.25) is 0 Å². The summed E-state index contributed by atoms with van der Waals surface area (Å²) in [5, 5.41) is 0.379. The summed E-state index contributed by atoms with van der Waals surface area (Å²) in [7, 11) is 3.06. The van der Waals surface area contributed by atoms with Crippen LogP contribution in [0.2, 0.25) is 5.02 Å². The molecular formula is C20H22ClNO3. The van der Waals surface area contributed by atoms with Gasteiger partial charge in [0, 0.05) is 18.7 Å². The lowest BCUT2D eigenvalue weighted by molar-refractivity contribution is 0.0712. The number of carbonyl (C=O) groups excluding carboxylic acids is 1. The molecule has 1 aliphatic rings. The van der Waals surface area contributed by atoms with E-state index in [1.165, 1.54) is 19.8 Å². The van der Waals surface area contributed by atoms with Crippen LogP contribution in [0.4, 0.5) is 0 Å². The zero-order valence-electron chi connectivity index (χ0n) is 14.5. The number of benzene rings is 2. The third-order valence-corrected chi connectivity index (χ3v) is 5.01. The van der Waals surface area contributed by atoms with Gasteiger partial charge >= 0.3 is 0 Å². The van der Waals surface area contributed by atoms with Crippen molar-refractivity contribution in [1.82, 2.24) is 4.90 Å². The van der Waals surface area contributed by atoms with Crippen LogP contribution < -0.4 is 9.47 Å². The Labute approximate surface area is 153 Å². The van der Waals surface area contributed by atoms with E-state index >= 15 is 0 Å². The first-order chi connectivity index (χ1) is 12.1. The van der Waals surface area contributed by atoms with Crippen molar-refractivity contribution in [3.63, 3.8) is 0 Å². The van der Waals surface area contributed by atoms with Crippen LogP contribution in [-0.2, 0) is 0 Å². The molecule has 4 nitrogen and oxygen atoms in total. The Morgan fingerprint density at radius 2 is 1.76 bits per heavy atom. The highest BCUT2D eigenvalue weighted by molar-refractivity contribution is 6.32.